The molecule has 0 amide bonds. The number of methoxy groups -OCH3 is 1. The van der Waals surface area contributed by atoms with Gasteiger partial charge in [0.1, 0.15) is 0 Å². The minimum Gasteiger partial charge on any atom is -0.385 e. The maximum atomic E-state index is 5.59. The molecule has 1 aromatic rings. The first-order chi connectivity index (χ1) is 7.76. The summed E-state index contributed by atoms with van der Waals surface area (Å²) in [6.07, 6.45) is 1.88. The summed E-state index contributed by atoms with van der Waals surface area (Å²) in [6, 6.07) is 3.95. The molecule has 1 atom stereocenters. The maximum absolute atomic E-state index is 5.59. The predicted octanol–water partition coefficient (Wildman–Crippen LogP) is 2.06. The smallest absolute Gasteiger partial charge is 0.0893 e. The standard InChI is InChI=1S/C12H20N2O2/c1-4-13-11-5-6-14-12(7-11)9-16-10(2)8-15-3/h5-7,10H,4,8-9H2,1-3H3,(H,13,14). The Morgan fingerprint density at radius 2 is 2.31 bits per heavy atom. The highest BCUT2D eigenvalue weighted by molar-refractivity contribution is 5.42. The van der Waals surface area contributed by atoms with E-state index in [4.69, 9.17) is 9.47 Å². The van der Waals surface area contributed by atoms with Gasteiger partial charge in [0.05, 0.1) is 25.0 Å². The molecule has 0 bridgehead atoms. The zero-order chi connectivity index (χ0) is 11.8. The summed E-state index contributed by atoms with van der Waals surface area (Å²) in [5, 5.41) is 3.24. The van der Waals surface area contributed by atoms with Gasteiger partial charge in [0.2, 0.25) is 0 Å². The van der Waals surface area contributed by atoms with Gasteiger partial charge in [-0.3, -0.25) is 4.98 Å². The Balaban J connectivity index is 2.44. The van der Waals surface area contributed by atoms with Crippen molar-refractivity contribution in [2.45, 2.75) is 26.6 Å². The summed E-state index contributed by atoms with van der Waals surface area (Å²) in [7, 11) is 1.67. The minimum atomic E-state index is 0.0922. The fourth-order valence-corrected chi connectivity index (χ4v) is 1.38. The number of pyridine rings is 1. The summed E-state index contributed by atoms with van der Waals surface area (Å²) in [5.74, 6) is 0. The second-order valence-electron chi connectivity index (χ2n) is 3.64. The van der Waals surface area contributed by atoms with E-state index in [1.54, 1.807) is 13.3 Å². The lowest BCUT2D eigenvalue weighted by Gasteiger charge is -2.12. The molecule has 0 saturated heterocycles. The van der Waals surface area contributed by atoms with Gasteiger partial charge in [0.15, 0.2) is 0 Å². The van der Waals surface area contributed by atoms with Crippen molar-refractivity contribution < 1.29 is 9.47 Å². The molecule has 4 heteroatoms. The van der Waals surface area contributed by atoms with E-state index in [9.17, 15) is 0 Å². The van der Waals surface area contributed by atoms with Crippen molar-refractivity contribution >= 4 is 5.69 Å². The largest absolute Gasteiger partial charge is 0.385 e. The van der Waals surface area contributed by atoms with Crippen LogP contribution in [-0.4, -0.2) is 31.3 Å². The first-order valence-electron chi connectivity index (χ1n) is 5.55. The second kappa shape index (κ2) is 7.19. The SMILES string of the molecule is CCNc1ccnc(COC(C)COC)c1. The average molecular weight is 224 g/mol. The van der Waals surface area contributed by atoms with Crippen molar-refractivity contribution in [1.82, 2.24) is 4.98 Å². The van der Waals surface area contributed by atoms with Crippen molar-refractivity contribution in [1.29, 1.82) is 0 Å². The first kappa shape index (κ1) is 12.9. The molecular formula is C12H20N2O2. The lowest BCUT2D eigenvalue weighted by molar-refractivity contribution is -0.00135. The van der Waals surface area contributed by atoms with Gasteiger partial charge in [-0.1, -0.05) is 0 Å². The van der Waals surface area contributed by atoms with Crippen LogP contribution in [-0.2, 0) is 16.1 Å². The lowest BCUT2D eigenvalue weighted by atomic mass is 10.3. The predicted molar refractivity (Wildman–Crippen MR) is 64.5 cm³/mol. The summed E-state index contributed by atoms with van der Waals surface area (Å²) < 4.78 is 10.6. The van der Waals surface area contributed by atoms with Gasteiger partial charge in [-0.2, -0.15) is 0 Å². The molecule has 0 spiro atoms. The van der Waals surface area contributed by atoms with Crippen LogP contribution in [0, 0.1) is 0 Å². The molecule has 4 nitrogen and oxygen atoms in total. The Morgan fingerprint density at radius 3 is 3.00 bits per heavy atom. The molecule has 16 heavy (non-hydrogen) atoms. The van der Waals surface area contributed by atoms with E-state index >= 15 is 0 Å². The van der Waals surface area contributed by atoms with Crippen molar-refractivity contribution in [3.8, 4) is 0 Å². The van der Waals surface area contributed by atoms with Crippen molar-refractivity contribution in [3.05, 3.63) is 24.0 Å². The third kappa shape index (κ3) is 4.59. The van der Waals surface area contributed by atoms with Crippen LogP contribution < -0.4 is 5.32 Å². The van der Waals surface area contributed by atoms with E-state index in [0.29, 0.717) is 13.2 Å². The average Bonchev–Trinajstić information content (AvgIpc) is 2.28. The molecule has 0 radical (unpaired) electrons. The fourth-order valence-electron chi connectivity index (χ4n) is 1.38. The highest BCUT2D eigenvalue weighted by Gasteiger charge is 2.03. The van der Waals surface area contributed by atoms with Crippen LogP contribution in [0.5, 0.6) is 0 Å². The number of nitrogens with one attached hydrogen (secondary N) is 1. The summed E-state index contributed by atoms with van der Waals surface area (Å²) >= 11 is 0. The quantitative estimate of drug-likeness (QED) is 0.770. The van der Waals surface area contributed by atoms with Crippen LogP contribution in [0.15, 0.2) is 18.3 Å². The van der Waals surface area contributed by atoms with Gasteiger partial charge >= 0.3 is 0 Å². The highest BCUT2D eigenvalue weighted by Crippen LogP contribution is 2.09. The molecule has 0 aliphatic heterocycles. The van der Waals surface area contributed by atoms with E-state index in [0.717, 1.165) is 17.9 Å². The normalized spacial score (nSPS) is 12.4. The molecule has 1 heterocycles. The Hall–Kier alpha value is -1.13. The molecule has 0 aromatic carbocycles. The minimum absolute atomic E-state index is 0.0922. The van der Waals surface area contributed by atoms with Gasteiger partial charge in [-0.15, -0.1) is 0 Å². The van der Waals surface area contributed by atoms with Crippen LogP contribution >= 0.6 is 0 Å². The Kier molecular flexibility index (Phi) is 5.82. The van der Waals surface area contributed by atoms with E-state index < -0.39 is 0 Å². The van der Waals surface area contributed by atoms with Crippen LogP contribution in [0.1, 0.15) is 19.5 Å². The van der Waals surface area contributed by atoms with E-state index in [1.165, 1.54) is 0 Å². The van der Waals surface area contributed by atoms with Gasteiger partial charge < -0.3 is 14.8 Å². The summed E-state index contributed by atoms with van der Waals surface area (Å²) in [5.41, 5.74) is 2.01. The van der Waals surface area contributed by atoms with Crippen LogP contribution in [0.2, 0.25) is 0 Å². The lowest BCUT2D eigenvalue weighted by Crippen LogP contribution is -2.15. The number of rotatable bonds is 7. The molecule has 0 aliphatic carbocycles. The number of hydrogen-bond donors (Lipinski definition) is 1. The van der Waals surface area contributed by atoms with Crippen LogP contribution in [0.3, 0.4) is 0 Å². The van der Waals surface area contributed by atoms with Gasteiger partial charge in [-0.25, -0.2) is 0 Å². The van der Waals surface area contributed by atoms with Crippen LogP contribution in [0.4, 0.5) is 5.69 Å². The number of anilines is 1. The molecule has 0 saturated carbocycles. The Labute approximate surface area is 97.0 Å². The molecule has 1 N–H and O–H groups in total. The number of ether oxygens (including phenoxy) is 2. The zero-order valence-electron chi connectivity index (χ0n) is 10.2. The van der Waals surface area contributed by atoms with E-state index in [-0.39, 0.29) is 6.10 Å². The van der Waals surface area contributed by atoms with E-state index in [2.05, 4.69) is 17.2 Å². The maximum Gasteiger partial charge on any atom is 0.0893 e. The Morgan fingerprint density at radius 1 is 1.50 bits per heavy atom. The van der Waals surface area contributed by atoms with Gasteiger partial charge in [0, 0.05) is 25.5 Å². The van der Waals surface area contributed by atoms with Gasteiger partial charge in [0.25, 0.3) is 0 Å². The van der Waals surface area contributed by atoms with E-state index in [1.807, 2.05) is 19.1 Å². The first-order valence-corrected chi connectivity index (χ1v) is 5.55. The molecule has 1 aromatic heterocycles. The summed E-state index contributed by atoms with van der Waals surface area (Å²) in [4.78, 5) is 4.25. The second-order valence-corrected chi connectivity index (χ2v) is 3.64. The van der Waals surface area contributed by atoms with Crippen molar-refractivity contribution in [2.24, 2.45) is 0 Å². The molecule has 0 fully saturated rings. The van der Waals surface area contributed by atoms with Crippen molar-refractivity contribution in [2.75, 3.05) is 25.6 Å². The molecule has 1 rings (SSSR count). The zero-order valence-corrected chi connectivity index (χ0v) is 10.2. The summed E-state index contributed by atoms with van der Waals surface area (Å²) in [6.45, 7) is 6.08. The van der Waals surface area contributed by atoms with Gasteiger partial charge in [-0.05, 0) is 26.0 Å². The molecular weight excluding hydrogens is 204 g/mol. The Bertz CT molecular complexity index is 305. The topological polar surface area (TPSA) is 43.4 Å². The number of hydrogen-bond acceptors (Lipinski definition) is 4. The highest BCUT2D eigenvalue weighted by atomic mass is 16.5. The number of aromatic nitrogens is 1. The molecule has 1 unspecified atom stereocenters. The van der Waals surface area contributed by atoms with Crippen LogP contribution in [0.25, 0.3) is 0 Å². The monoisotopic (exact) mass is 224 g/mol. The molecule has 90 valence electrons. The van der Waals surface area contributed by atoms with Crippen molar-refractivity contribution in [3.63, 3.8) is 0 Å². The number of nitrogens with zero attached hydrogens (tertiary/aromatic N) is 1. The third-order valence-corrected chi connectivity index (χ3v) is 2.11. The third-order valence-electron chi connectivity index (χ3n) is 2.11. The fraction of sp³-hybridized carbons (Fsp3) is 0.583. The molecule has 0 aliphatic rings.